The molecule has 0 aliphatic heterocycles. The minimum atomic E-state index is -0.447. The van der Waals surface area contributed by atoms with Gasteiger partial charge in [-0.1, -0.05) is 18.2 Å². The van der Waals surface area contributed by atoms with Gasteiger partial charge in [0.1, 0.15) is 5.75 Å². The van der Waals surface area contributed by atoms with E-state index in [2.05, 4.69) is 10.6 Å². The first kappa shape index (κ1) is 18.9. The Morgan fingerprint density at radius 2 is 1.75 bits per heavy atom. The molecule has 28 heavy (non-hydrogen) atoms. The molecule has 2 amide bonds. The molecular weight excluding hydrogens is 360 g/mol. The lowest BCUT2D eigenvalue weighted by molar-refractivity contribution is -0.131. The van der Waals surface area contributed by atoms with Gasteiger partial charge < -0.3 is 19.8 Å². The summed E-state index contributed by atoms with van der Waals surface area (Å²) < 4.78 is 10.0. The molecule has 3 aromatic rings. The first-order chi connectivity index (χ1) is 13.5. The Labute approximate surface area is 161 Å². The van der Waals surface area contributed by atoms with E-state index in [1.165, 1.54) is 19.3 Å². The second kappa shape index (κ2) is 8.68. The highest BCUT2D eigenvalue weighted by Gasteiger charge is 2.10. The van der Waals surface area contributed by atoms with Gasteiger partial charge >= 0.3 is 5.97 Å². The average molecular weight is 378 g/mol. The van der Waals surface area contributed by atoms with E-state index < -0.39 is 5.97 Å². The van der Waals surface area contributed by atoms with Gasteiger partial charge in [0, 0.05) is 24.7 Å². The number of amides is 2. The molecule has 142 valence electrons. The maximum Gasteiger partial charge on any atom is 0.308 e. The predicted molar refractivity (Wildman–Crippen MR) is 102 cm³/mol. The van der Waals surface area contributed by atoms with Crippen LogP contribution >= 0.6 is 0 Å². The molecule has 0 spiro atoms. The minimum Gasteiger partial charge on any atom is -0.459 e. The minimum absolute atomic E-state index is 0.229. The van der Waals surface area contributed by atoms with Gasteiger partial charge in [-0.25, -0.2) is 0 Å². The Morgan fingerprint density at radius 3 is 2.43 bits per heavy atom. The standard InChI is InChI=1S/C21H18N2O5/c1-14(24)28-18-5-2-4-16(12-18)20(25)22-13-15-7-9-17(10-8-15)23-21(26)19-6-3-11-27-19/h2-12H,13H2,1H3,(H,22,25)(H,23,26). The molecule has 0 fully saturated rings. The molecule has 0 saturated carbocycles. The highest BCUT2D eigenvalue weighted by Crippen LogP contribution is 2.15. The zero-order chi connectivity index (χ0) is 19.9. The van der Waals surface area contributed by atoms with Crippen LogP contribution in [0.3, 0.4) is 0 Å². The third-order valence-corrected chi connectivity index (χ3v) is 3.77. The number of furan rings is 1. The van der Waals surface area contributed by atoms with Crippen molar-refractivity contribution >= 4 is 23.5 Å². The highest BCUT2D eigenvalue weighted by molar-refractivity contribution is 6.02. The topological polar surface area (TPSA) is 97.6 Å². The van der Waals surface area contributed by atoms with E-state index in [0.717, 1.165) is 5.56 Å². The predicted octanol–water partition coefficient (Wildman–Crippen LogP) is 3.39. The molecule has 0 saturated heterocycles. The first-order valence-electron chi connectivity index (χ1n) is 8.52. The van der Waals surface area contributed by atoms with Crippen LogP contribution in [0.4, 0.5) is 5.69 Å². The second-order valence-corrected chi connectivity index (χ2v) is 5.93. The number of ether oxygens (including phenoxy) is 1. The van der Waals surface area contributed by atoms with Crippen molar-refractivity contribution < 1.29 is 23.5 Å². The van der Waals surface area contributed by atoms with E-state index in [-0.39, 0.29) is 17.6 Å². The molecule has 3 rings (SSSR count). The number of esters is 1. The Hall–Kier alpha value is -3.87. The van der Waals surface area contributed by atoms with Gasteiger partial charge in [0.05, 0.1) is 6.26 Å². The van der Waals surface area contributed by atoms with E-state index in [9.17, 15) is 14.4 Å². The fourth-order valence-electron chi connectivity index (χ4n) is 2.46. The molecule has 1 heterocycles. The summed E-state index contributed by atoms with van der Waals surface area (Å²) >= 11 is 0. The summed E-state index contributed by atoms with van der Waals surface area (Å²) in [4.78, 5) is 35.2. The Bertz CT molecular complexity index is 978. The third kappa shape index (κ3) is 5.07. The van der Waals surface area contributed by atoms with E-state index in [1.54, 1.807) is 54.6 Å². The fraction of sp³-hybridized carbons (Fsp3) is 0.0952. The fourth-order valence-corrected chi connectivity index (χ4v) is 2.46. The Balaban J connectivity index is 1.55. The quantitative estimate of drug-likeness (QED) is 0.506. The van der Waals surface area contributed by atoms with Gasteiger partial charge in [0.15, 0.2) is 5.76 Å². The van der Waals surface area contributed by atoms with Crippen molar-refractivity contribution in [2.45, 2.75) is 13.5 Å². The summed E-state index contributed by atoms with van der Waals surface area (Å²) in [6.45, 7) is 1.61. The van der Waals surface area contributed by atoms with Gasteiger partial charge in [-0.3, -0.25) is 14.4 Å². The van der Waals surface area contributed by atoms with Crippen LogP contribution in [0.15, 0.2) is 71.3 Å². The summed E-state index contributed by atoms with van der Waals surface area (Å²) in [5.41, 5.74) is 1.87. The molecule has 2 N–H and O–H groups in total. The molecule has 0 bridgehead atoms. The van der Waals surface area contributed by atoms with E-state index in [0.29, 0.717) is 23.5 Å². The molecule has 7 nitrogen and oxygen atoms in total. The van der Waals surface area contributed by atoms with Crippen molar-refractivity contribution in [3.8, 4) is 5.75 Å². The summed E-state index contributed by atoms with van der Waals surface area (Å²) in [6.07, 6.45) is 1.43. The van der Waals surface area contributed by atoms with Crippen LogP contribution in [0.25, 0.3) is 0 Å². The number of carbonyl (C=O) groups excluding carboxylic acids is 3. The number of rotatable bonds is 6. The van der Waals surface area contributed by atoms with Crippen molar-refractivity contribution in [1.29, 1.82) is 0 Å². The number of carbonyl (C=O) groups is 3. The normalized spacial score (nSPS) is 10.2. The van der Waals surface area contributed by atoms with E-state index >= 15 is 0 Å². The molecule has 0 atom stereocenters. The van der Waals surface area contributed by atoms with Crippen molar-refractivity contribution in [2.75, 3.05) is 5.32 Å². The zero-order valence-corrected chi connectivity index (χ0v) is 15.1. The largest absolute Gasteiger partial charge is 0.459 e. The van der Waals surface area contributed by atoms with Gasteiger partial charge in [-0.05, 0) is 48.0 Å². The molecular formula is C21H18N2O5. The number of benzene rings is 2. The number of hydrogen-bond donors (Lipinski definition) is 2. The van der Waals surface area contributed by atoms with Gasteiger partial charge in [0.25, 0.3) is 11.8 Å². The molecule has 0 unspecified atom stereocenters. The van der Waals surface area contributed by atoms with Crippen LogP contribution in [0.1, 0.15) is 33.4 Å². The number of nitrogens with one attached hydrogen (secondary N) is 2. The first-order valence-corrected chi connectivity index (χ1v) is 8.52. The molecule has 0 radical (unpaired) electrons. The third-order valence-electron chi connectivity index (χ3n) is 3.77. The Morgan fingerprint density at radius 1 is 0.964 bits per heavy atom. The van der Waals surface area contributed by atoms with Crippen LogP contribution in [0, 0.1) is 0 Å². The molecule has 1 aromatic heterocycles. The van der Waals surface area contributed by atoms with E-state index in [4.69, 9.17) is 9.15 Å². The van der Waals surface area contributed by atoms with Crippen LogP contribution < -0.4 is 15.4 Å². The van der Waals surface area contributed by atoms with Crippen LogP contribution in [-0.2, 0) is 11.3 Å². The average Bonchev–Trinajstić information content (AvgIpc) is 3.22. The van der Waals surface area contributed by atoms with Gasteiger partial charge in [-0.15, -0.1) is 0 Å². The molecule has 7 heteroatoms. The van der Waals surface area contributed by atoms with Crippen molar-refractivity contribution in [3.63, 3.8) is 0 Å². The summed E-state index contributed by atoms with van der Waals surface area (Å²) in [5.74, 6) is -0.524. The lowest BCUT2D eigenvalue weighted by atomic mass is 10.1. The maximum atomic E-state index is 12.3. The Kier molecular flexibility index (Phi) is 5.86. The second-order valence-electron chi connectivity index (χ2n) is 5.93. The summed E-state index contributed by atoms with van der Waals surface area (Å²) in [7, 11) is 0. The van der Waals surface area contributed by atoms with Crippen molar-refractivity contribution in [2.24, 2.45) is 0 Å². The van der Waals surface area contributed by atoms with Gasteiger partial charge in [-0.2, -0.15) is 0 Å². The zero-order valence-electron chi connectivity index (χ0n) is 15.1. The SMILES string of the molecule is CC(=O)Oc1cccc(C(=O)NCc2ccc(NC(=O)c3ccco3)cc2)c1. The summed E-state index contributed by atoms with van der Waals surface area (Å²) in [5, 5.41) is 5.52. The lowest BCUT2D eigenvalue weighted by Gasteiger charge is -2.08. The maximum absolute atomic E-state index is 12.3. The smallest absolute Gasteiger partial charge is 0.308 e. The van der Waals surface area contributed by atoms with Crippen LogP contribution in [0.2, 0.25) is 0 Å². The molecule has 2 aromatic carbocycles. The van der Waals surface area contributed by atoms with Crippen LogP contribution in [-0.4, -0.2) is 17.8 Å². The lowest BCUT2D eigenvalue weighted by Crippen LogP contribution is -2.22. The summed E-state index contributed by atoms with van der Waals surface area (Å²) in [6, 6.07) is 16.7. The van der Waals surface area contributed by atoms with Crippen LogP contribution in [0.5, 0.6) is 5.75 Å². The van der Waals surface area contributed by atoms with Gasteiger partial charge in [0.2, 0.25) is 0 Å². The van der Waals surface area contributed by atoms with Crippen molar-refractivity contribution in [3.05, 3.63) is 83.8 Å². The molecule has 0 aliphatic rings. The number of anilines is 1. The molecule has 0 aliphatic carbocycles. The monoisotopic (exact) mass is 378 g/mol. The van der Waals surface area contributed by atoms with E-state index in [1.807, 2.05) is 0 Å². The highest BCUT2D eigenvalue weighted by atomic mass is 16.5. The number of hydrogen-bond acceptors (Lipinski definition) is 5. The van der Waals surface area contributed by atoms with Crippen molar-refractivity contribution in [1.82, 2.24) is 5.32 Å².